The summed E-state index contributed by atoms with van der Waals surface area (Å²) >= 11 is 0. The molecule has 0 bridgehead atoms. The van der Waals surface area contributed by atoms with Crippen molar-refractivity contribution in [3.63, 3.8) is 0 Å². The number of ether oxygens (including phenoxy) is 2. The fourth-order valence-corrected chi connectivity index (χ4v) is 2.67. The summed E-state index contributed by atoms with van der Waals surface area (Å²) in [6.07, 6.45) is 0.452. The molecule has 6 heteroatoms. The summed E-state index contributed by atoms with van der Waals surface area (Å²) < 4.78 is 10.5. The first-order chi connectivity index (χ1) is 12.5. The Hall–Kier alpha value is -3.02. The molecule has 1 unspecified atom stereocenters. The minimum absolute atomic E-state index is 0.323. The molecule has 2 aromatic carbocycles. The predicted molar refractivity (Wildman–Crippen MR) is 97.4 cm³/mol. The topological polar surface area (TPSA) is 84.9 Å². The number of amides is 1. The van der Waals surface area contributed by atoms with Crippen LogP contribution in [0.4, 0.5) is 0 Å². The van der Waals surface area contributed by atoms with Gasteiger partial charge in [0, 0.05) is 5.92 Å². The number of methoxy groups -OCH3 is 2. The highest BCUT2D eigenvalue weighted by Gasteiger charge is 2.24. The number of aliphatic carboxylic acids is 1. The number of hydrogen-bond donors (Lipinski definition) is 2. The largest absolute Gasteiger partial charge is 0.493 e. The molecule has 0 saturated heterocycles. The number of rotatable bonds is 8. The third-order valence-corrected chi connectivity index (χ3v) is 4.10. The van der Waals surface area contributed by atoms with E-state index in [2.05, 4.69) is 5.32 Å². The van der Waals surface area contributed by atoms with Crippen molar-refractivity contribution >= 4 is 11.9 Å². The molecule has 2 aromatic rings. The SMILES string of the molecule is COc1ccc(CC(C)C(=O)N[C@@H](C(=O)O)c2ccccc2)cc1OC. The van der Waals surface area contributed by atoms with Crippen molar-refractivity contribution in [2.75, 3.05) is 14.2 Å². The van der Waals surface area contributed by atoms with Crippen molar-refractivity contribution in [2.24, 2.45) is 5.92 Å². The fraction of sp³-hybridized carbons (Fsp3) is 0.300. The quantitative estimate of drug-likeness (QED) is 0.759. The Balaban J connectivity index is 2.08. The molecule has 0 aliphatic carbocycles. The third kappa shape index (κ3) is 4.75. The van der Waals surface area contributed by atoms with Gasteiger partial charge < -0.3 is 19.9 Å². The van der Waals surface area contributed by atoms with Crippen molar-refractivity contribution in [3.8, 4) is 11.5 Å². The van der Waals surface area contributed by atoms with E-state index in [4.69, 9.17) is 9.47 Å². The van der Waals surface area contributed by atoms with Gasteiger partial charge in [-0.15, -0.1) is 0 Å². The number of carboxylic acid groups (broad SMARTS) is 1. The predicted octanol–water partition coefficient (Wildman–Crippen LogP) is 2.82. The molecule has 0 heterocycles. The molecule has 2 atom stereocenters. The standard InChI is InChI=1S/C20H23NO5/c1-13(11-14-9-10-16(25-2)17(12-14)26-3)19(22)21-18(20(23)24)15-7-5-4-6-8-15/h4-10,12-13,18H,11H2,1-3H3,(H,21,22)(H,23,24)/t13?,18-/m1/s1. The lowest BCUT2D eigenvalue weighted by molar-refractivity contribution is -0.142. The molecule has 0 fully saturated rings. The molecular weight excluding hydrogens is 334 g/mol. The second kappa shape index (κ2) is 8.89. The van der Waals surface area contributed by atoms with Gasteiger partial charge in [0.1, 0.15) is 0 Å². The van der Waals surface area contributed by atoms with E-state index in [1.54, 1.807) is 57.5 Å². The zero-order valence-corrected chi connectivity index (χ0v) is 15.1. The van der Waals surface area contributed by atoms with E-state index in [1.807, 2.05) is 12.1 Å². The van der Waals surface area contributed by atoms with Crippen LogP contribution in [0.25, 0.3) is 0 Å². The summed E-state index contributed by atoms with van der Waals surface area (Å²) in [6, 6.07) is 13.0. The lowest BCUT2D eigenvalue weighted by Gasteiger charge is -2.18. The molecule has 1 amide bonds. The minimum Gasteiger partial charge on any atom is -0.493 e. The van der Waals surface area contributed by atoms with E-state index in [1.165, 1.54) is 0 Å². The maximum atomic E-state index is 12.5. The van der Waals surface area contributed by atoms with Crippen molar-refractivity contribution in [2.45, 2.75) is 19.4 Å². The number of benzene rings is 2. The molecule has 138 valence electrons. The lowest BCUT2D eigenvalue weighted by atomic mass is 9.98. The van der Waals surface area contributed by atoms with Crippen LogP contribution in [0.1, 0.15) is 24.1 Å². The summed E-state index contributed by atoms with van der Waals surface area (Å²) in [5.41, 5.74) is 1.43. The Kier molecular flexibility index (Phi) is 6.60. The molecule has 0 radical (unpaired) electrons. The molecular formula is C20H23NO5. The van der Waals surface area contributed by atoms with Gasteiger partial charge in [-0.2, -0.15) is 0 Å². The summed E-state index contributed by atoms with van der Waals surface area (Å²) in [5, 5.41) is 12.0. The second-order valence-electron chi connectivity index (χ2n) is 5.99. The number of carboxylic acids is 1. The van der Waals surface area contributed by atoms with Gasteiger partial charge in [-0.3, -0.25) is 4.79 Å². The van der Waals surface area contributed by atoms with Gasteiger partial charge in [-0.25, -0.2) is 4.79 Å². The second-order valence-corrected chi connectivity index (χ2v) is 5.99. The van der Waals surface area contributed by atoms with E-state index >= 15 is 0 Å². The number of hydrogen-bond acceptors (Lipinski definition) is 4. The van der Waals surface area contributed by atoms with Gasteiger partial charge in [0.05, 0.1) is 14.2 Å². The van der Waals surface area contributed by atoms with E-state index in [9.17, 15) is 14.7 Å². The summed E-state index contributed by atoms with van der Waals surface area (Å²) in [7, 11) is 3.11. The van der Waals surface area contributed by atoms with Gasteiger partial charge in [0.2, 0.25) is 5.91 Å². The molecule has 0 aromatic heterocycles. The van der Waals surface area contributed by atoms with Gasteiger partial charge in [0.25, 0.3) is 0 Å². The van der Waals surface area contributed by atoms with Crippen LogP contribution in [0.15, 0.2) is 48.5 Å². The van der Waals surface area contributed by atoms with E-state index in [0.29, 0.717) is 23.5 Å². The van der Waals surface area contributed by atoms with Gasteiger partial charge in [-0.05, 0) is 29.7 Å². The Morgan fingerprint density at radius 3 is 2.27 bits per heavy atom. The zero-order chi connectivity index (χ0) is 19.1. The first-order valence-corrected chi connectivity index (χ1v) is 8.25. The molecule has 2 N–H and O–H groups in total. The van der Waals surface area contributed by atoms with Crippen molar-refractivity contribution in [1.29, 1.82) is 0 Å². The van der Waals surface area contributed by atoms with Crippen LogP contribution in [0.3, 0.4) is 0 Å². The van der Waals surface area contributed by atoms with Crippen molar-refractivity contribution in [3.05, 3.63) is 59.7 Å². The van der Waals surface area contributed by atoms with Crippen molar-refractivity contribution in [1.82, 2.24) is 5.32 Å². The highest BCUT2D eigenvalue weighted by Crippen LogP contribution is 2.28. The van der Waals surface area contributed by atoms with Crippen LogP contribution in [-0.4, -0.2) is 31.2 Å². The number of nitrogens with one attached hydrogen (secondary N) is 1. The molecule has 0 spiro atoms. The highest BCUT2D eigenvalue weighted by molar-refractivity contribution is 5.85. The van der Waals surface area contributed by atoms with Crippen LogP contribution in [0.5, 0.6) is 11.5 Å². The maximum absolute atomic E-state index is 12.5. The number of carbonyl (C=O) groups is 2. The normalized spacial score (nSPS) is 12.7. The smallest absolute Gasteiger partial charge is 0.330 e. The highest BCUT2D eigenvalue weighted by atomic mass is 16.5. The van der Waals surface area contributed by atoms with E-state index < -0.39 is 17.9 Å². The van der Waals surface area contributed by atoms with Gasteiger partial charge >= 0.3 is 5.97 Å². The van der Waals surface area contributed by atoms with Crippen molar-refractivity contribution < 1.29 is 24.2 Å². The summed E-state index contributed by atoms with van der Waals surface area (Å²) in [4.78, 5) is 24.0. The number of carbonyl (C=O) groups excluding carboxylic acids is 1. The molecule has 0 aliphatic rings. The Labute approximate surface area is 152 Å². The Bertz CT molecular complexity index is 760. The van der Waals surface area contributed by atoms with Crippen LogP contribution >= 0.6 is 0 Å². The van der Waals surface area contributed by atoms with Crippen LogP contribution in [-0.2, 0) is 16.0 Å². The molecule has 0 aliphatic heterocycles. The Morgan fingerprint density at radius 1 is 1.04 bits per heavy atom. The van der Waals surface area contributed by atoms with Crippen LogP contribution in [0, 0.1) is 5.92 Å². The monoisotopic (exact) mass is 357 g/mol. The van der Waals surface area contributed by atoms with Gasteiger partial charge in [0.15, 0.2) is 17.5 Å². The molecule has 26 heavy (non-hydrogen) atoms. The zero-order valence-electron chi connectivity index (χ0n) is 15.1. The lowest BCUT2D eigenvalue weighted by Crippen LogP contribution is -2.37. The molecule has 0 saturated carbocycles. The first kappa shape index (κ1) is 19.3. The molecule has 6 nitrogen and oxygen atoms in total. The van der Waals surface area contributed by atoms with Crippen LogP contribution < -0.4 is 14.8 Å². The third-order valence-electron chi connectivity index (χ3n) is 4.10. The molecule has 2 rings (SSSR count). The maximum Gasteiger partial charge on any atom is 0.330 e. The van der Waals surface area contributed by atoms with E-state index in [-0.39, 0.29) is 5.91 Å². The first-order valence-electron chi connectivity index (χ1n) is 8.25. The average Bonchev–Trinajstić information content (AvgIpc) is 2.66. The Morgan fingerprint density at radius 2 is 1.69 bits per heavy atom. The average molecular weight is 357 g/mol. The van der Waals surface area contributed by atoms with E-state index in [0.717, 1.165) is 5.56 Å². The summed E-state index contributed by atoms with van der Waals surface area (Å²) in [5.74, 6) is -0.619. The van der Waals surface area contributed by atoms with Gasteiger partial charge in [-0.1, -0.05) is 43.3 Å². The summed E-state index contributed by atoms with van der Waals surface area (Å²) in [6.45, 7) is 1.76. The van der Waals surface area contributed by atoms with Crippen LogP contribution in [0.2, 0.25) is 0 Å². The fourth-order valence-electron chi connectivity index (χ4n) is 2.67. The minimum atomic E-state index is -1.09.